The maximum absolute atomic E-state index is 13.0. The number of halogens is 2. The molecule has 0 N–H and O–H groups in total. The van der Waals surface area contributed by atoms with Crippen molar-refractivity contribution in [1.82, 2.24) is 14.8 Å². The number of hydrogen-bond donors (Lipinski definition) is 0. The van der Waals surface area contributed by atoms with Crippen LogP contribution >= 0.6 is 0 Å². The standard InChI is InChI=1S/C19H20F2N4O/c1-13-5-7-14(8-6-13)17-22-18(24(3)4)25(23-17)15-9-11-16(12-10-15)26-19(2,20)21/h5-12H,1-4H3. The van der Waals surface area contributed by atoms with E-state index in [9.17, 15) is 8.78 Å². The second-order valence-corrected chi connectivity index (χ2v) is 6.31. The molecule has 0 saturated heterocycles. The summed E-state index contributed by atoms with van der Waals surface area (Å²) < 4.78 is 32.2. The molecule has 0 bridgehead atoms. The van der Waals surface area contributed by atoms with Crippen LogP contribution in [0.2, 0.25) is 0 Å². The van der Waals surface area contributed by atoms with Gasteiger partial charge in [-0.15, -0.1) is 5.10 Å². The maximum atomic E-state index is 13.0. The third kappa shape index (κ3) is 3.99. The van der Waals surface area contributed by atoms with Gasteiger partial charge < -0.3 is 9.64 Å². The Hall–Kier alpha value is -2.96. The van der Waals surface area contributed by atoms with Gasteiger partial charge in [0, 0.05) is 26.6 Å². The molecule has 0 aliphatic carbocycles. The highest BCUT2D eigenvalue weighted by Gasteiger charge is 2.23. The van der Waals surface area contributed by atoms with Crippen LogP contribution in [0, 0.1) is 6.92 Å². The van der Waals surface area contributed by atoms with Gasteiger partial charge in [-0.1, -0.05) is 29.8 Å². The molecule has 0 unspecified atom stereocenters. The third-order valence-electron chi connectivity index (χ3n) is 3.68. The molecular formula is C19H20F2N4O. The quantitative estimate of drug-likeness (QED) is 0.682. The molecule has 0 aliphatic heterocycles. The fraction of sp³-hybridized carbons (Fsp3) is 0.263. The van der Waals surface area contributed by atoms with Crippen LogP contribution in [-0.2, 0) is 0 Å². The molecule has 7 heteroatoms. The molecule has 0 spiro atoms. The van der Waals surface area contributed by atoms with Crippen molar-refractivity contribution in [3.05, 3.63) is 54.1 Å². The zero-order valence-corrected chi connectivity index (χ0v) is 15.1. The summed E-state index contributed by atoms with van der Waals surface area (Å²) in [6.45, 7) is 2.72. The Morgan fingerprint density at radius 3 is 2.15 bits per heavy atom. The smallest absolute Gasteiger partial charge is 0.394 e. The van der Waals surface area contributed by atoms with Crippen LogP contribution < -0.4 is 9.64 Å². The topological polar surface area (TPSA) is 43.2 Å². The normalized spacial score (nSPS) is 11.5. The Kier molecular flexibility index (Phi) is 4.63. The molecule has 26 heavy (non-hydrogen) atoms. The lowest BCUT2D eigenvalue weighted by atomic mass is 10.1. The first-order chi connectivity index (χ1) is 12.2. The lowest BCUT2D eigenvalue weighted by molar-refractivity contribution is -0.158. The first kappa shape index (κ1) is 17.8. The predicted octanol–water partition coefficient (Wildman–Crippen LogP) is 4.30. The van der Waals surface area contributed by atoms with E-state index in [1.807, 2.05) is 50.2 Å². The summed E-state index contributed by atoms with van der Waals surface area (Å²) in [5.74, 6) is 1.32. The van der Waals surface area contributed by atoms with Gasteiger partial charge in [0.1, 0.15) is 5.75 Å². The highest BCUT2D eigenvalue weighted by molar-refractivity contribution is 5.58. The molecule has 3 rings (SSSR count). The Bertz CT molecular complexity index is 881. The monoisotopic (exact) mass is 358 g/mol. The first-order valence-electron chi connectivity index (χ1n) is 8.12. The Balaban J connectivity index is 1.97. The molecule has 0 radical (unpaired) electrons. The third-order valence-corrected chi connectivity index (χ3v) is 3.68. The average molecular weight is 358 g/mol. The van der Waals surface area contributed by atoms with E-state index < -0.39 is 6.11 Å². The molecule has 0 saturated carbocycles. The molecule has 1 heterocycles. The average Bonchev–Trinajstić information content (AvgIpc) is 3.00. The van der Waals surface area contributed by atoms with Crippen molar-refractivity contribution >= 4 is 5.95 Å². The van der Waals surface area contributed by atoms with Crippen molar-refractivity contribution < 1.29 is 13.5 Å². The maximum Gasteiger partial charge on any atom is 0.394 e. The highest BCUT2D eigenvalue weighted by Crippen LogP contribution is 2.26. The van der Waals surface area contributed by atoms with Crippen LogP contribution in [0.4, 0.5) is 14.7 Å². The van der Waals surface area contributed by atoms with Crippen molar-refractivity contribution in [2.45, 2.75) is 20.0 Å². The highest BCUT2D eigenvalue weighted by atomic mass is 19.3. The van der Waals surface area contributed by atoms with Crippen LogP contribution in [0.3, 0.4) is 0 Å². The fourth-order valence-corrected chi connectivity index (χ4v) is 2.45. The summed E-state index contributed by atoms with van der Waals surface area (Å²) in [5.41, 5.74) is 2.76. The van der Waals surface area contributed by atoms with Crippen LogP contribution in [0.25, 0.3) is 17.1 Å². The van der Waals surface area contributed by atoms with E-state index in [-0.39, 0.29) is 5.75 Å². The van der Waals surface area contributed by atoms with Crippen LogP contribution in [-0.4, -0.2) is 35.0 Å². The van der Waals surface area contributed by atoms with Gasteiger partial charge in [0.15, 0.2) is 5.82 Å². The van der Waals surface area contributed by atoms with Crippen molar-refractivity contribution in [1.29, 1.82) is 0 Å². The van der Waals surface area contributed by atoms with E-state index in [1.54, 1.807) is 16.8 Å². The van der Waals surface area contributed by atoms with E-state index in [0.29, 0.717) is 24.4 Å². The summed E-state index contributed by atoms with van der Waals surface area (Å²) >= 11 is 0. The van der Waals surface area contributed by atoms with Crippen molar-refractivity contribution in [3.63, 3.8) is 0 Å². The molecule has 5 nitrogen and oxygen atoms in total. The van der Waals surface area contributed by atoms with E-state index in [4.69, 9.17) is 0 Å². The largest absolute Gasteiger partial charge is 0.433 e. The molecule has 136 valence electrons. The second kappa shape index (κ2) is 6.74. The minimum Gasteiger partial charge on any atom is -0.433 e. The number of rotatable bonds is 5. The number of nitrogens with zero attached hydrogens (tertiary/aromatic N) is 4. The molecule has 1 aromatic heterocycles. The van der Waals surface area contributed by atoms with Gasteiger partial charge in [0.25, 0.3) is 0 Å². The summed E-state index contributed by atoms with van der Waals surface area (Å²) in [7, 11) is 3.74. The van der Waals surface area contributed by atoms with Gasteiger partial charge in [0.2, 0.25) is 5.95 Å². The first-order valence-corrected chi connectivity index (χ1v) is 8.12. The lowest BCUT2D eigenvalue weighted by Gasteiger charge is -2.14. The number of hydrogen-bond acceptors (Lipinski definition) is 4. The summed E-state index contributed by atoms with van der Waals surface area (Å²) in [6, 6.07) is 14.2. The van der Waals surface area contributed by atoms with E-state index in [1.165, 1.54) is 12.1 Å². The summed E-state index contributed by atoms with van der Waals surface area (Å²) in [6.07, 6.45) is -3.22. The molecule has 2 aromatic carbocycles. The zero-order valence-electron chi connectivity index (χ0n) is 15.1. The zero-order chi connectivity index (χ0) is 18.9. The number of ether oxygens (including phenoxy) is 1. The fourth-order valence-electron chi connectivity index (χ4n) is 2.45. The van der Waals surface area contributed by atoms with Crippen LogP contribution in [0.5, 0.6) is 5.75 Å². The Morgan fingerprint density at radius 1 is 1.00 bits per heavy atom. The Labute approximate surface area is 150 Å². The second-order valence-electron chi connectivity index (χ2n) is 6.31. The Morgan fingerprint density at radius 2 is 1.62 bits per heavy atom. The van der Waals surface area contributed by atoms with Crippen molar-refractivity contribution in [2.75, 3.05) is 19.0 Å². The summed E-state index contributed by atoms with van der Waals surface area (Å²) in [5, 5.41) is 4.58. The molecule has 0 amide bonds. The predicted molar refractivity (Wildman–Crippen MR) is 97.1 cm³/mol. The van der Waals surface area contributed by atoms with Gasteiger partial charge in [-0.25, -0.2) is 0 Å². The number of aryl methyl sites for hydroxylation is 1. The van der Waals surface area contributed by atoms with Gasteiger partial charge in [0.05, 0.1) is 5.69 Å². The van der Waals surface area contributed by atoms with E-state index >= 15 is 0 Å². The van der Waals surface area contributed by atoms with Gasteiger partial charge in [-0.3, -0.25) is 0 Å². The molecule has 0 atom stereocenters. The van der Waals surface area contributed by atoms with Gasteiger partial charge >= 0.3 is 6.11 Å². The minimum atomic E-state index is -3.22. The number of alkyl halides is 2. The number of aromatic nitrogens is 3. The minimum absolute atomic E-state index is 0.0894. The van der Waals surface area contributed by atoms with Crippen molar-refractivity contribution in [2.24, 2.45) is 0 Å². The van der Waals surface area contributed by atoms with E-state index in [2.05, 4.69) is 14.8 Å². The SMILES string of the molecule is Cc1ccc(-c2nc(N(C)C)n(-c3ccc(OC(C)(F)F)cc3)n2)cc1. The summed E-state index contributed by atoms with van der Waals surface area (Å²) in [4.78, 5) is 6.44. The van der Waals surface area contributed by atoms with E-state index in [0.717, 1.165) is 11.1 Å². The molecule has 3 aromatic rings. The van der Waals surface area contributed by atoms with Gasteiger partial charge in [-0.05, 0) is 31.2 Å². The lowest BCUT2D eigenvalue weighted by Crippen LogP contribution is -2.19. The molecular weight excluding hydrogens is 338 g/mol. The molecule has 0 fully saturated rings. The van der Waals surface area contributed by atoms with Crippen LogP contribution in [0.15, 0.2) is 48.5 Å². The van der Waals surface area contributed by atoms with Crippen molar-refractivity contribution in [3.8, 4) is 22.8 Å². The number of anilines is 1. The van der Waals surface area contributed by atoms with Gasteiger partial charge in [-0.2, -0.15) is 18.4 Å². The number of benzene rings is 2. The van der Waals surface area contributed by atoms with Crippen LogP contribution in [0.1, 0.15) is 12.5 Å². The molecule has 0 aliphatic rings.